The third kappa shape index (κ3) is 3.50. The second-order valence-electron chi connectivity index (χ2n) is 6.61. The van der Waals surface area contributed by atoms with Crippen molar-refractivity contribution in [1.29, 1.82) is 0 Å². The summed E-state index contributed by atoms with van der Waals surface area (Å²) in [6.07, 6.45) is 3.79. The highest BCUT2D eigenvalue weighted by atomic mass is 19.1. The first-order valence-corrected chi connectivity index (χ1v) is 8.82. The molecule has 1 aliphatic heterocycles. The summed E-state index contributed by atoms with van der Waals surface area (Å²) in [5, 5.41) is 0. The molecule has 2 aromatic heterocycles. The molecule has 144 valence electrons. The molecule has 1 aromatic carbocycles. The Morgan fingerprint density at radius 2 is 1.93 bits per heavy atom. The fourth-order valence-electron chi connectivity index (χ4n) is 3.33. The van der Waals surface area contributed by atoms with Gasteiger partial charge in [-0.2, -0.15) is 0 Å². The van der Waals surface area contributed by atoms with Crippen molar-refractivity contribution in [3.63, 3.8) is 0 Å². The topological polar surface area (TPSA) is 71.1 Å². The van der Waals surface area contributed by atoms with Crippen LogP contribution < -0.4 is 10.3 Å². The number of aromatic nitrogens is 3. The summed E-state index contributed by atoms with van der Waals surface area (Å²) < 4.78 is 33.4. The maximum atomic E-state index is 14.2. The summed E-state index contributed by atoms with van der Waals surface area (Å²) >= 11 is 0. The van der Waals surface area contributed by atoms with Crippen LogP contribution in [0.3, 0.4) is 0 Å². The van der Waals surface area contributed by atoms with Crippen molar-refractivity contribution in [2.24, 2.45) is 0 Å². The van der Waals surface area contributed by atoms with Gasteiger partial charge in [-0.1, -0.05) is 0 Å². The van der Waals surface area contributed by atoms with E-state index in [1.54, 1.807) is 24.5 Å². The van der Waals surface area contributed by atoms with Crippen LogP contribution in [0.5, 0.6) is 5.75 Å². The molecular weight excluding hydrogens is 366 g/mol. The van der Waals surface area contributed by atoms with Crippen molar-refractivity contribution in [2.45, 2.75) is 19.5 Å². The maximum absolute atomic E-state index is 14.2. The first-order valence-electron chi connectivity index (χ1n) is 8.82. The summed E-state index contributed by atoms with van der Waals surface area (Å²) in [6, 6.07) is 5.86. The van der Waals surface area contributed by atoms with Gasteiger partial charge in [-0.3, -0.25) is 14.7 Å². The molecule has 0 fully saturated rings. The molecule has 0 saturated carbocycles. The van der Waals surface area contributed by atoms with Gasteiger partial charge in [0.25, 0.3) is 5.56 Å². The molecule has 3 aromatic rings. The number of hydrogen-bond acceptors (Lipinski definition) is 5. The van der Waals surface area contributed by atoms with Crippen LogP contribution >= 0.6 is 0 Å². The molecule has 0 unspecified atom stereocenters. The number of nitrogens with one attached hydrogen (secondary N) is 1. The van der Waals surface area contributed by atoms with Gasteiger partial charge in [-0.15, -0.1) is 0 Å². The van der Waals surface area contributed by atoms with Crippen LogP contribution in [0.15, 0.2) is 41.5 Å². The van der Waals surface area contributed by atoms with Crippen molar-refractivity contribution in [1.82, 2.24) is 19.9 Å². The minimum absolute atomic E-state index is 0.0398. The van der Waals surface area contributed by atoms with E-state index >= 15 is 0 Å². The standard InChI is InChI=1S/C20H18F2N4O2/c1-28-13-8-16(21)14(17(22)9-13)10-26-7-4-18-15(11-26)20(27)25-19(24-18)12-2-5-23-6-3-12/h2-3,5-6,8-9H,4,7,10-11H2,1H3,(H,24,25,27). The molecule has 1 aliphatic rings. The predicted molar refractivity (Wildman–Crippen MR) is 98.8 cm³/mol. The van der Waals surface area contributed by atoms with Gasteiger partial charge in [-0.25, -0.2) is 13.8 Å². The van der Waals surface area contributed by atoms with E-state index in [9.17, 15) is 13.6 Å². The van der Waals surface area contributed by atoms with E-state index in [1.807, 2.05) is 4.90 Å². The molecule has 1 N–H and O–H groups in total. The van der Waals surface area contributed by atoms with E-state index in [2.05, 4.69) is 15.0 Å². The Bertz CT molecular complexity index is 1050. The maximum Gasteiger partial charge on any atom is 0.255 e. The average Bonchev–Trinajstić information content (AvgIpc) is 2.71. The van der Waals surface area contributed by atoms with Crippen molar-refractivity contribution in [3.8, 4) is 17.1 Å². The highest BCUT2D eigenvalue weighted by molar-refractivity contribution is 5.54. The van der Waals surface area contributed by atoms with E-state index in [1.165, 1.54) is 7.11 Å². The molecule has 0 radical (unpaired) electrons. The van der Waals surface area contributed by atoms with Crippen molar-refractivity contribution in [3.05, 3.63) is 75.5 Å². The molecule has 0 atom stereocenters. The monoisotopic (exact) mass is 384 g/mol. The van der Waals surface area contributed by atoms with Crippen molar-refractivity contribution in [2.75, 3.05) is 13.7 Å². The minimum Gasteiger partial charge on any atom is -0.497 e. The lowest BCUT2D eigenvalue weighted by Crippen LogP contribution is -2.35. The molecule has 0 bridgehead atoms. The number of methoxy groups -OCH3 is 1. The third-order valence-corrected chi connectivity index (χ3v) is 4.83. The molecule has 0 amide bonds. The number of aromatic amines is 1. The van der Waals surface area contributed by atoms with Crippen LogP contribution in [0.1, 0.15) is 16.8 Å². The van der Waals surface area contributed by atoms with Crippen LogP contribution in [0.2, 0.25) is 0 Å². The molecular formula is C20H18F2N4O2. The molecule has 0 saturated heterocycles. The summed E-state index contributed by atoms with van der Waals surface area (Å²) in [5.74, 6) is -0.704. The summed E-state index contributed by atoms with van der Waals surface area (Å²) in [4.78, 5) is 25.7. The van der Waals surface area contributed by atoms with Gasteiger partial charge in [-0.05, 0) is 12.1 Å². The Labute approximate surface area is 159 Å². The first kappa shape index (κ1) is 18.2. The molecule has 0 aliphatic carbocycles. The lowest BCUT2D eigenvalue weighted by Gasteiger charge is -2.28. The molecule has 3 heterocycles. The number of rotatable bonds is 4. The summed E-state index contributed by atoms with van der Waals surface area (Å²) in [7, 11) is 1.36. The Balaban J connectivity index is 1.58. The van der Waals surface area contributed by atoms with Crippen LogP contribution in [-0.4, -0.2) is 33.5 Å². The Kier molecular flexibility index (Phi) is 4.87. The highest BCUT2D eigenvalue weighted by Crippen LogP contribution is 2.24. The van der Waals surface area contributed by atoms with E-state index in [0.717, 1.165) is 17.7 Å². The number of halogens is 2. The lowest BCUT2D eigenvalue weighted by atomic mass is 10.0. The highest BCUT2D eigenvalue weighted by Gasteiger charge is 2.23. The third-order valence-electron chi connectivity index (χ3n) is 4.83. The van der Waals surface area contributed by atoms with E-state index in [-0.39, 0.29) is 30.0 Å². The van der Waals surface area contributed by atoms with E-state index in [4.69, 9.17) is 4.74 Å². The zero-order valence-electron chi connectivity index (χ0n) is 15.2. The van der Waals surface area contributed by atoms with Crippen molar-refractivity contribution >= 4 is 0 Å². The molecule has 4 rings (SSSR count). The van der Waals surface area contributed by atoms with E-state index in [0.29, 0.717) is 30.0 Å². The fourth-order valence-corrected chi connectivity index (χ4v) is 3.33. The smallest absolute Gasteiger partial charge is 0.255 e. The Morgan fingerprint density at radius 3 is 2.61 bits per heavy atom. The van der Waals surface area contributed by atoms with Gasteiger partial charge in [0.1, 0.15) is 23.2 Å². The van der Waals surface area contributed by atoms with Gasteiger partial charge in [0.15, 0.2) is 0 Å². The second-order valence-corrected chi connectivity index (χ2v) is 6.61. The molecule has 8 heteroatoms. The van der Waals surface area contributed by atoms with Crippen LogP contribution in [0, 0.1) is 11.6 Å². The fraction of sp³-hybridized carbons (Fsp3) is 0.250. The normalized spacial score (nSPS) is 14.0. The number of nitrogens with zero attached hydrogens (tertiary/aromatic N) is 3. The number of fused-ring (bicyclic) bond motifs is 1. The number of ether oxygens (including phenoxy) is 1. The predicted octanol–water partition coefficient (Wildman–Crippen LogP) is 2.68. The summed E-state index contributed by atoms with van der Waals surface area (Å²) in [5.41, 5.74) is 1.74. The van der Waals surface area contributed by atoms with Crippen molar-refractivity contribution < 1.29 is 13.5 Å². The SMILES string of the molecule is COc1cc(F)c(CN2CCc3nc(-c4ccncc4)[nH]c(=O)c3C2)c(F)c1. The van der Waals surface area contributed by atoms with Gasteiger partial charge in [0, 0.05) is 61.7 Å². The van der Waals surface area contributed by atoms with Gasteiger partial charge >= 0.3 is 0 Å². The largest absolute Gasteiger partial charge is 0.497 e. The van der Waals surface area contributed by atoms with Crippen LogP contribution in [0.25, 0.3) is 11.4 Å². The second kappa shape index (κ2) is 7.47. The quantitative estimate of drug-likeness (QED) is 0.749. The Morgan fingerprint density at radius 1 is 1.21 bits per heavy atom. The Hall–Kier alpha value is -3.13. The zero-order valence-corrected chi connectivity index (χ0v) is 15.2. The molecule has 28 heavy (non-hydrogen) atoms. The van der Waals surface area contributed by atoms with Gasteiger partial charge in [0.05, 0.1) is 18.4 Å². The van der Waals surface area contributed by atoms with Crippen LogP contribution in [0.4, 0.5) is 8.78 Å². The van der Waals surface area contributed by atoms with E-state index < -0.39 is 11.6 Å². The lowest BCUT2D eigenvalue weighted by molar-refractivity contribution is 0.234. The first-order chi connectivity index (χ1) is 13.5. The summed E-state index contributed by atoms with van der Waals surface area (Å²) in [6.45, 7) is 0.885. The van der Waals surface area contributed by atoms with Crippen LogP contribution in [-0.2, 0) is 19.5 Å². The number of H-pyrrole nitrogens is 1. The molecule has 0 spiro atoms. The van der Waals surface area contributed by atoms with Gasteiger partial charge < -0.3 is 9.72 Å². The van der Waals surface area contributed by atoms with Gasteiger partial charge in [0.2, 0.25) is 0 Å². The average molecular weight is 384 g/mol. The minimum atomic E-state index is -0.664. The number of benzene rings is 1. The zero-order chi connectivity index (χ0) is 19.7. The molecule has 6 nitrogen and oxygen atoms in total. The number of hydrogen-bond donors (Lipinski definition) is 1. The number of pyridine rings is 1.